The molecule has 3 N–H and O–H groups in total. The number of nitro groups is 1. The van der Waals surface area contributed by atoms with Gasteiger partial charge in [-0.15, -0.1) is 0 Å². The van der Waals surface area contributed by atoms with Crippen LogP contribution in [0.1, 0.15) is 10.4 Å². The predicted octanol–water partition coefficient (Wildman–Crippen LogP) is 4.02. The Bertz CT molecular complexity index is 987. The van der Waals surface area contributed by atoms with E-state index in [2.05, 4.69) is 16.0 Å². The highest BCUT2D eigenvalue weighted by molar-refractivity contribution is 7.80. The number of rotatable bonds is 7. The number of halogens is 3. The van der Waals surface area contributed by atoms with Gasteiger partial charge in [0.15, 0.2) is 5.11 Å². The summed E-state index contributed by atoms with van der Waals surface area (Å²) in [6, 6.07) is 10.3. The topological polar surface area (TPSA) is 115 Å². The number of benzene rings is 2. The lowest BCUT2D eigenvalue weighted by Gasteiger charge is -2.28. The van der Waals surface area contributed by atoms with Crippen LogP contribution in [-0.2, 0) is 0 Å². The van der Waals surface area contributed by atoms with E-state index < -0.39 is 20.8 Å². The zero-order valence-electron chi connectivity index (χ0n) is 16.1. The molecule has 0 aromatic heterocycles. The van der Waals surface area contributed by atoms with Gasteiger partial charge < -0.3 is 25.4 Å². The lowest BCUT2D eigenvalue weighted by molar-refractivity contribution is -0.384. The molecule has 2 rings (SSSR count). The number of non-ortho nitro benzene ring substituents is 1. The van der Waals surface area contributed by atoms with Gasteiger partial charge in [0, 0.05) is 17.7 Å². The Balaban J connectivity index is 2.17. The van der Waals surface area contributed by atoms with Crippen molar-refractivity contribution in [2.45, 2.75) is 9.96 Å². The van der Waals surface area contributed by atoms with Crippen molar-refractivity contribution in [2.75, 3.05) is 19.5 Å². The van der Waals surface area contributed by atoms with Gasteiger partial charge in [0.2, 0.25) is 3.79 Å². The highest BCUT2D eigenvalue weighted by atomic mass is 35.6. The number of nitro benzene ring substituents is 1. The van der Waals surface area contributed by atoms with Gasteiger partial charge in [-0.05, 0) is 36.5 Å². The molecule has 0 heterocycles. The average Bonchev–Trinajstić information content (AvgIpc) is 2.72. The fourth-order valence-electron chi connectivity index (χ4n) is 2.38. The van der Waals surface area contributed by atoms with Crippen LogP contribution in [0, 0.1) is 10.1 Å². The number of carbonyl (C=O) groups excluding carboxylic acids is 1. The zero-order valence-corrected chi connectivity index (χ0v) is 19.2. The minimum atomic E-state index is -1.99. The van der Waals surface area contributed by atoms with Crippen molar-refractivity contribution in [1.82, 2.24) is 10.6 Å². The summed E-state index contributed by atoms with van der Waals surface area (Å²) in [7, 11) is 2.86. The summed E-state index contributed by atoms with van der Waals surface area (Å²) in [6.45, 7) is 0. The van der Waals surface area contributed by atoms with Crippen LogP contribution < -0.4 is 25.4 Å². The second kappa shape index (κ2) is 10.7. The predicted molar refractivity (Wildman–Crippen MR) is 124 cm³/mol. The third-order valence-corrected chi connectivity index (χ3v) is 4.73. The van der Waals surface area contributed by atoms with E-state index in [4.69, 9.17) is 56.5 Å². The molecule has 0 fully saturated rings. The minimum Gasteiger partial charge on any atom is -0.497 e. The fraction of sp³-hybridized carbons (Fsp3) is 0.222. The highest BCUT2D eigenvalue weighted by Gasteiger charge is 2.35. The van der Waals surface area contributed by atoms with Gasteiger partial charge in [-0.2, -0.15) is 0 Å². The van der Waals surface area contributed by atoms with Gasteiger partial charge in [0.25, 0.3) is 11.6 Å². The molecule has 0 saturated carbocycles. The molecule has 2 aromatic carbocycles. The van der Waals surface area contributed by atoms with E-state index in [0.29, 0.717) is 11.5 Å². The number of ether oxygens (including phenoxy) is 2. The van der Waals surface area contributed by atoms with Crippen LogP contribution in [0.4, 0.5) is 11.4 Å². The SMILES string of the molecule is COc1cccc(C(=O)N[C@H](NC(=S)Nc2cc([N+](=O)[O-])ccc2OC)C(Cl)(Cl)Cl)c1. The number of alkyl halides is 3. The Hall–Kier alpha value is -2.53. The van der Waals surface area contributed by atoms with Crippen molar-refractivity contribution < 1.29 is 19.2 Å². The van der Waals surface area contributed by atoms with E-state index in [-0.39, 0.29) is 22.1 Å². The molecule has 0 bridgehead atoms. The van der Waals surface area contributed by atoms with E-state index in [1.807, 2.05) is 0 Å². The van der Waals surface area contributed by atoms with Crippen molar-refractivity contribution in [1.29, 1.82) is 0 Å². The third-order valence-electron chi connectivity index (χ3n) is 3.85. The summed E-state index contributed by atoms with van der Waals surface area (Å²) in [5.74, 6) is 0.208. The van der Waals surface area contributed by atoms with Gasteiger partial charge >= 0.3 is 0 Å². The lowest BCUT2D eigenvalue weighted by Crippen LogP contribution is -2.56. The molecule has 0 aliphatic rings. The first-order valence-electron chi connectivity index (χ1n) is 8.46. The number of methoxy groups -OCH3 is 2. The number of thiocarbonyl (C=S) groups is 1. The quantitative estimate of drug-likeness (QED) is 0.169. The van der Waals surface area contributed by atoms with Gasteiger partial charge in [-0.3, -0.25) is 14.9 Å². The Kier molecular flexibility index (Phi) is 8.52. The average molecular weight is 508 g/mol. The molecule has 31 heavy (non-hydrogen) atoms. The molecule has 1 atom stereocenters. The van der Waals surface area contributed by atoms with Crippen LogP contribution in [0.3, 0.4) is 0 Å². The van der Waals surface area contributed by atoms with Crippen molar-refractivity contribution >= 4 is 69.4 Å². The largest absolute Gasteiger partial charge is 0.497 e. The zero-order chi connectivity index (χ0) is 23.2. The summed E-state index contributed by atoms with van der Waals surface area (Å²) < 4.78 is 8.26. The Labute approximate surface area is 198 Å². The fourth-order valence-corrected chi connectivity index (χ4v) is 2.93. The van der Waals surface area contributed by atoms with Crippen LogP contribution in [0.15, 0.2) is 42.5 Å². The summed E-state index contributed by atoms with van der Waals surface area (Å²) in [5.41, 5.74) is 0.284. The van der Waals surface area contributed by atoms with Crippen LogP contribution >= 0.6 is 47.0 Å². The monoisotopic (exact) mass is 506 g/mol. The maximum absolute atomic E-state index is 12.6. The van der Waals surface area contributed by atoms with Crippen molar-refractivity contribution in [2.24, 2.45) is 0 Å². The van der Waals surface area contributed by atoms with E-state index in [1.165, 1.54) is 38.5 Å². The summed E-state index contributed by atoms with van der Waals surface area (Å²) in [4.78, 5) is 23.0. The molecule has 1 amide bonds. The maximum Gasteiger partial charge on any atom is 0.271 e. The number of anilines is 1. The number of nitrogens with one attached hydrogen (secondary N) is 3. The summed E-state index contributed by atoms with van der Waals surface area (Å²) in [5, 5.41) is 18.9. The molecule has 0 radical (unpaired) electrons. The molecule has 9 nitrogen and oxygen atoms in total. The molecule has 0 saturated heterocycles. The van der Waals surface area contributed by atoms with E-state index in [1.54, 1.807) is 18.2 Å². The maximum atomic E-state index is 12.6. The highest BCUT2D eigenvalue weighted by Crippen LogP contribution is 2.31. The standard InChI is InChI=1S/C18H17Cl3N4O5S/c1-29-12-5-3-4-10(8-12)15(26)23-16(18(19,20)21)24-17(31)22-13-9-11(25(27)28)6-7-14(13)30-2/h3-9,16H,1-2H3,(H,23,26)(H2,22,24,31)/t16-/m1/s1. The Morgan fingerprint density at radius 2 is 1.84 bits per heavy atom. The normalized spacial score (nSPS) is 11.8. The first-order valence-corrected chi connectivity index (χ1v) is 10.0. The van der Waals surface area contributed by atoms with Crippen LogP contribution in [0.25, 0.3) is 0 Å². The molecule has 0 aliphatic carbocycles. The first kappa shape index (κ1) is 24.7. The van der Waals surface area contributed by atoms with E-state index >= 15 is 0 Å². The number of amides is 1. The molecular formula is C18H17Cl3N4O5S. The van der Waals surface area contributed by atoms with E-state index in [9.17, 15) is 14.9 Å². The van der Waals surface area contributed by atoms with Crippen molar-refractivity contribution in [3.8, 4) is 11.5 Å². The van der Waals surface area contributed by atoms with Gasteiger partial charge in [0.05, 0.1) is 24.8 Å². The first-order chi connectivity index (χ1) is 14.5. The number of hydrogen-bond acceptors (Lipinski definition) is 6. The third kappa shape index (κ3) is 7.00. The van der Waals surface area contributed by atoms with Gasteiger partial charge in [-0.25, -0.2) is 0 Å². The number of hydrogen-bond donors (Lipinski definition) is 3. The summed E-state index contributed by atoms with van der Waals surface area (Å²) >= 11 is 23.2. The Morgan fingerprint density at radius 3 is 2.42 bits per heavy atom. The number of nitrogens with zero attached hydrogens (tertiary/aromatic N) is 1. The Morgan fingerprint density at radius 1 is 1.13 bits per heavy atom. The molecule has 0 unspecified atom stereocenters. The molecule has 166 valence electrons. The van der Waals surface area contributed by atoms with Crippen molar-refractivity contribution in [3.63, 3.8) is 0 Å². The van der Waals surface area contributed by atoms with Gasteiger partial charge in [0.1, 0.15) is 17.7 Å². The smallest absolute Gasteiger partial charge is 0.271 e. The molecule has 13 heteroatoms. The lowest BCUT2D eigenvalue weighted by atomic mass is 10.2. The minimum absolute atomic E-state index is 0.0823. The van der Waals surface area contributed by atoms with Crippen LogP contribution in [-0.4, -0.2) is 40.1 Å². The second-order valence-corrected chi connectivity index (χ2v) is 8.70. The summed E-state index contributed by atoms with van der Waals surface area (Å²) in [6.07, 6.45) is -1.25. The molecule has 2 aromatic rings. The van der Waals surface area contributed by atoms with Crippen LogP contribution in [0.5, 0.6) is 11.5 Å². The molecular weight excluding hydrogens is 491 g/mol. The number of carbonyl (C=O) groups is 1. The molecule has 0 aliphatic heterocycles. The molecule has 0 spiro atoms. The van der Waals surface area contributed by atoms with E-state index in [0.717, 1.165) is 0 Å². The second-order valence-electron chi connectivity index (χ2n) is 5.92. The van der Waals surface area contributed by atoms with Crippen LogP contribution in [0.2, 0.25) is 0 Å². The van der Waals surface area contributed by atoms with Gasteiger partial charge in [-0.1, -0.05) is 40.9 Å². The van der Waals surface area contributed by atoms with Crippen molar-refractivity contribution in [3.05, 3.63) is 58.1 Å².